The number of nitriles is 1. The van der Waals surface area contributed by atoms with Gasteiger partial charge in [-0.05, 0) is 61.8 Å². The molecule has 1 aliphatic rings. The van der Waals surface area contributed by atoms with Crippen molar-refractivity contribution in [1.82, 2.24) is 0 Å². The third kappa shape index (κ3) is 5.63. The van der Waals surface area contributed by atoms with Crippen LogP contribution in [-0.4, -0.2) is 20.1 Å². The van der Waals surface area contributed by atoms with E-state index in [-0.39, 0.29) is 0 Å². The van der Waals surface area contributed by atoms with Crippen molar-refractivity contribution in [2.45, 2.75) is 50.2 Å². The van der Waals surface area contributed by atoms with Crippen molar-refractivity contribution in [1.29, 1.82) is 5.26 Å². The topological polar surface area (TPSA) is 33.0 Å². The molecule has 0 aliphatic heterocycles. The first-order valence-electron chi connectivity index (χ1n) is 7.59. The molecule has 2 nitrogen and oxygen atoms in total. The van der Waals surface area contributed by atoms with Gasteiger partial charge in [0.25, 0.3) is 0 Å². The average molecular weight is 342 g/mol. The summed E-state index contributed by atoms with van der Waals surface area (Å²) in [7, 11) is -1.46. The molecule has 0 unspecified atom stereocenters. The zero-order valence-electron chi connectivity index (χ0n) is 12.1. The zero-order chi connectivity index (χ0) is 15.1. The normalized spacial score (nSPS) is 22.2. The summed E-state index contributed by atoms with van der Waals surface area (Å²) >= 11 is 11.7. The highest BCUT2D eigenvalue weighted by atomic mass is 35.7. The summed E-state index contributed by atoms with van der Waals surface area (Å²) in [5.41, 5.74) is 2.08. The predicted molar refractivity (Wildman–Crippen MR) is 90.4 cm³/mol. The summed E-state index contributed by atoms with van der Waals surface area (Å²) in [6.45, 7) is 0.787. The van der Waals surface area contributed by atoms with Gasteiger partial charge in [-0.3, -0.25) is 0 Å². The number of hydrogen-bond donors (Lipinski definition) is 0. The number of rotatable bonds is 6. The molecule has 0 N–H and O–H groups in total. The van der Waals surface area contributed by atoms with Gasteiger partial charge in [0.15, 0.2) is 0 Å². The molecular weight excluding hydrogens is 321 g/mol. The fourth-order valence-electron chi connectivity index (χ4n) is 2.88. The lowest BCUT2D eigenvalue weighted by Crippen LogP contribution is -2.21. The van der Waals surface area contributed by atoms with E-state index < -0.39 is 7.42 Å². The van der Waals surface area contributed by atoms with Crippen molar-refractivity contribution >= 4 is 29.6 Å². The first kappa shape index (κ1) is 16.8. The Hall–Kier alpha value is -0.533. The molecule has 0 saturated heterocycles. The molecule has 0 radical (unpaired) electrons. The van der Waals surface area contributed by atoms with Gasteiger partial charge in [0.1, 0.15) is 0 Å². The van der Waals surface area contributed by atoms with Crippen LogP contribution in [0.2, 0.25) is 6.04 Å². The van der Waals surface area contributed by atoms with Gasteiger partial charge in [-0.1, -0.05) is 12.1 Å². The van der Waals surface area contributed by atoms with Crippen molar-refractivity contribution in [2.24, 2.45) is 0 Å². The first-order valence-corrected chi connectivity index (χ1v) is 11.9. The van der Waals surface area contributed by atoms with Crippen molar-refractivity contribution in [3.8, 4) is 6.07 Å². The van der Waals surface area contributed by atoms with E-state index in [0.29, 0.717) is 12.0 Å². The molecule has 1 aromatic carbocycles. The molecule has 1 saturated carbocycles. The Morgan fingerprint density at radius 2 is 1.81 bits per heavy atom. The number of hydrogen-bond acceptors (Lipinski definition) is 2. The molecule has 2 rings (SSSR count). The predicted octanol–water partition coefficient (Wildman–Crippen LogP) is 4.69. The van der Waals surface area contributed by atoms with Crippen LogP contribution < -0.4 is 0 Å². The maximum Gasteiger partial charge on any atom is 0.237 e. The molecule has 0 bridgehead atoms. The number of benzene rings is 1. The highest BCUT2D eigenvalue weighted by Crippen LogP contribution is 2.34. The Kier molecular flexibility index (Phi) is 7.05. The minimum absolute atomic E-state index is 0.394. The molecule has 0 heterocycles. The number of nitrogens with zero attached hydrogens (tertiary/aromatic N) is 1. The monoisotopic (exact) mass is 341 g/mol. The highest BCUT2D eigenvalue weighted by molar-refractivity contribution is 7.33. The molecular formula is C16H21Cl2NOSi. The zero-order valence-corrected chi connectivity index (χ0v) is 14.8. The Labute approximate surface area is 138 Å². The SMILES string of the molecule is N#Cc1ccc([C@H]2CC[C@H](OCCC[SiH](Cl)Cl)CC2)cc1. The van der Waals surface area contributed by atoms with Crippen LogP contribution in [0.4, 0.5) is 0 Å². The van der Waals surface area contributed by atoms with E-state index in [9.17, 15) is 0 Å². The second-order valence-corrected chi connectivity index (χ2v) is 10.8. The minimum Gasteiger partial charge on any atom is -0.378 e. The molecule has 0 spiro atoms. The maximum atomic E-state index is 8.83. The fraction of sp³-hybridized carbons (Fsp3) is 0.562. The van der Waals surface area contributed by atoms with Crippen LogP contribution in [0, 0.1) is 11.3 Å². The van der Waals surface area contributed by atoms with Gasteiger partial charge in [-0.15, -0.1) is 0 Å². The maximum absolute atomic E-state index is 8.83. The molecule has 1 fully saturated rings. The van der Waals surface area contributed by atoms with Crippen molar-refractivity contribution < 1.29 is 4.74 Å². The summed E-state index contributed by atoms with van der Waals surface area (Å²) < 4.78 is 5.92. The molecule has 1 aliphatic carbocycles. The van der Waals surface area contributed by atoms with Gasteiger partial charge < -0.3 is 4.74 Å². The van der Waals surface area contributed by atoms with Gasteiger partial charge in [-0.25, -0.2) is 0 Å². The average Bonchev–Trinajstić information content (AvgIpc) is 2.52. The summed E-state index contributed by atoms with van der Waals surface area (Å²) in [5.74, 6) is 0.611. The highest BCUT2D eigenvalue weighted by Gasteiger charge is 2.22. The van der Waals surface area contributed by atoms with Gasteiger partial charge in [-0.2, -0.15) is 27.4 Å². The Morgan fingerprint density at radius 1 is 1.14 bits per heavy atom. The standard InChI is InChI=1S/C16H21Cl2NOSi/c17-21(18)11-1-10-20-16-8-6-15(7-9-16)14-4-2-13(12-19)3-5-14/h2-5,15-16,21H,1,6-11H2/t15-,16-. The second kappa shape index (κ2) is 8.80. The third-order valence-corrected chi connectivity index (χ3v) is 6.26. The third-order valence-electron chi connectivity index (χ3n) is 4.11. The van der Waals surface area contributed by atoms with E-state index >= 15 is 0 Å². The molecule has 114 valence electrons. The van der Waals surface area contributed by atoms with Gasteiger partial charge in [0.2, 0.25) is 7.42 Å². The summed E-state index contributed by atoms with van der Waals surface area (Å²) in [4.78, 5) is 0. The lowest BCUT2D eigenvalue weighted by Gasteiger charge is -2.29. The molecule has 5 heteroatoms. The van der Waals surface area contributed by atoms with Crippen molar-refractivity contribution in [3.05, 3.63) is 35.4 Å². The van der Waals surface area contributed by atoms with E-state index in [1.165, 1.54) is 18.4 Å². The Bertz CT molecular complexity index is 464. The summed E-state index contributed by atoms with van der Waals surface area (Å²) in [6.07, 6.45) is 5.95. The summed E-state index contributed by atoms with van der Waals surface area (Å²) in [6, 6.07) is 11.1. The quantitative estimate of drug-likeness (QED) is 0.427. The fourth-order valence-corrected chi connectivity index (χ4v) is 4.28. The minimum atomic E-state index is -1.46. The molecule has 0 amide bonds. The lowest BCUT2D eigenvalue weighted by molar-refractivity contribution is 0.0251. The van der Waals surface area contributed by atoms with E-state index in [4.69, 9.17) is 32.2 Å². The van der Waals surface area contributed by atoms with E-state index in [1.807, 2.05) is 12.1 Å². The first-order chi connectivity index (χ1) is 10.2. The van der Waals surface area contributed by atoms with Crippen molar-refractivity contribution in [2.75, 3.05) is 6.61 Å². The molecule has 0 atom stereocenters. The Morgan fingerprint density at radius 3 is 2.38 bits per heavy atom. The van der Waals surface area contributed by atoms with Gasteiger partial charge >= 0.3 is 0 Å². The van der Waals surface area contributed by atoms with Crippen LogP contribution in [0.5, 0.6) is 0 Å². The molecule has 21 heavy (non-hydrogen) atoms. The van der Waals surface area contributed by atoms with Crippen LogP contribution in [0.1, 0.15) is 49.1 Å². The van der Waals surface area contributed by atoms with E-state index in [1.54, 1.807) is 0 Å². The lowest BCUT2D eigenvalue weighted by atomic mass is 9.82. The second-order valence-electron chi connectivity index (χ2n) is 5.61. The van der Waals surface area contributed by atoms with Crippen molar-refractivity contribution in [3.63, 3.8) is 0 Å². The van der Waals surface area contributed by atoms with Crippen LogP contribution >= 0.6 is 22.2 Å². The van der Waals surface area contributed by atoms with Gasteiger partial charge in [0.05, 0.1) is 17.7 Å². The number of halogens is 2. The van der Waals surface area contributed by atoms with E-state index in [2.05, 4.69) is 18.2 Å². The smallest absolute Gasteiger partial charge is 0.237 e. The Balaban J connectivity index is 1.71. The van der Waals surface area contributed by atoms with Crippen LogP contribution in [0.3, 0.4) is 0 Å². The van der Waals surface area contributed by atoms with Crippen LogP contribution in [-0.2, 0) is 4.74 Å². The largest absolute Gasteiger partial charge is 0.378 e. The molecule has 0 aromatic heterocycles. The van der Waals surface area contributed by atoms with Gasteiger partial charge in [0, 0.05) is 6.61 Å². The van der Waals surface area contributed by atoms with Crippen LogP contribution in [0.15, 0.2) is 24.3 Å². The summed E-state index contributed by atoms with van der Waals surface area (Å²) in [5, 5.41) is 8.83. The molecule has 1 aromatic rings. The number of ether oxygens (including phenoxy) is 1. The van der Waals surface area contributed by atoms with E-state index in [0.717, 1.165) is 37.5 Å². The van der Waals surface area contributed by atoms with Crippen LogP contribution in [0.25, 0.3) is 0 Å².